The van der Waals surface area contributed by atoms with Gasteiger partial charge in [0.25, 0.3) is 0 Å². The summed E-state index contributed by atoms with van der Waals surface area (Å²) in [6.45, 7) is 7.08. The smallest absolute Gasteiger partial charge is 0.186 e. The van der Waals surface area contributed by atoms with Gasteiger partial charge in [-0.2, -0.15) is 5.10 Å². The van der Waals surface area contributed by atoms with E-state index in [9.17, 15) is 0 Å². The van der Waals surface area contributed by atoms with Crippen LogP contribution in [0.3, 0.4) is 0 Å². The Morgan fingerprint density at radius 3 is 2.77 bits per heavy atom. The van der Waals surface area contributed by atoms with Gasteiger partial charge in [0.1, 0.15) is 6.61 Å². The summed E-state index contributed by atoms with van der Waals surface area (Å²) in [5, 5.41) is 8.71. The molecular weight excluding hydrogens is 408 g/mol. The summed E-state index contributed by atoms with van der Waals surface area (Å²) < 4.78 is 13.8. The third-order valence-corrected chi connectivity index (χ3v) is 5.34. The van der Waals surface area contributed by atoms with Crippen LogP contribution in [0.5, 0.6) is 11.5 Å². The van der Waals surface area contributed by atoms with E-state index in [-0.39, 0.29) is 0 Å². The number of hydrazone groups is 1. The minimum Gasteiger partial charge on any atom is -0.493 e. The number of allylic oxidation sites excluding steroid dienone is 1. The number of benzene rings is 2. The molecule has 0 spiro atoms. The molecule has 0 aliphatic heterocycles. The number of methoxy groups -OCH3 is 1. The maximum Gasteiger partial charge on any atom is 0.186 e. The SMILES string of the molecule is C=CCc1ccc(OCCn2c(C)c(/C=N/NC(=S)NC)c3ccccc32)c(OC)c1. The van der Waals surface area contributed by atoms with E-state index in [1.165, 1.54) is 0 Å². The third-order valence-electron chi connectivity index (χ3n) is 5.05. The maximum atomic E-state index is 6.06. The van der Waals surface area contributed by atoms with E-state index in [4.69, 9.17) is 21.7 Å². The molecule has 7 heteroatoms. The van der Waals surface area contributed by atoms with E-state index >= 15 is 0 Å². The predicted molar refractivity (Wildman–Crippen MR) is 131 cm³/mol. The Hall–Kier alpha value is -3.32. The molecule has 3 rings (SSSR count). The van der Waals surface area contributed by atoms with Gasteiger partial charge in [-0.25, -0.2) is 0 Å². The van der Waals surface area contributed by atoms with E-state index < -0.39 is 0 Å². The van der Waals surface area contributed by atoms with E-state index in [2.05, 4.69) is 46.0 Å². The van der Waals surface area contributed by atoms with Crippen molar-refractivity contribution in [3.8, 4) is 11.5 Å². The van der Waals surface area contributed by atoms with Crippen LogP contribution in [-0.4, -0.2) is 36.7 Å². The second-order valence-electron chi connectivity index (χ2n) is 6.94. The van der Waals surface area contributed by atoms with Crippen LogP contribution in [0, 0.1) is 6.92 Å². The molecule has 0 unspecified atom stereocenters. The number of para-hydroxylation sites is 1. The van der Waals surface area contributed by atoms with Gasteiger partial charge < -0.3 is 19.4 Å². The minimum atomic E-state index is 0.471. The van der Waals surface area contributed by atoms with Gasteiger partial charge in [-0.1, -0.05) is 30.3 Å². The van der Waals surface area contributed by atoms with Crippen molar-refractivity contribution in [1.29, 1.82) is 0 Å². The van der Waals surface area contributed by atoms with Crippen molar-refractivity contribution in [2.45, 2.75) is 19.9 Å². The number of hydrogen-bond acceptors (Lipinski definition) is 4. The van der Waals surface area contributed by atoms with Crippen molar-refractivity contribution in [2.24, 2.45) is 5.10 Å². The maximum absolute atomic E-state index is 6.06. The van der Waals surface area contributed by atoms with Gasteiger partial charge in [0.2, 0.25) is 0 Å². The van der Waals surface area contributed by atoms with Crippen LogP contribution < -0.4 is 20.2 Å². The molecule has 3 aromatic rings. The molecule has 0 bridgehead atoms. The molecule has 2 aromatic carbocycles. The third kappa shape index (κ3) is 5.24. The van der Waals surface area contributed by atoms with Crippen molar-refractivity contribution < 1.29 is 9.47 Å². The molecule has 0 amide bonds. The molecule has 0 saturated heterocycles. The number of rotatable bonds is 9. The number of nitrogens with one attached hydrogen (secondary N) is 2. The van der Waals surface area contributed by atoms with Gasteiger partial charge >= 0.3 is 0 Å². The van der Waals surface area contributed by atoms with E-state index in [0.29, 0.717) is 18.3 Å². The summed E-state index contributed by atoms with van der Waals surface area (Å²) in [4.78, 5) is 0. The number of ether oxygens (including phenoxy) is 2. The van der Waals surface area contributed by atoms with Crippen LogP contribution in [-0.2, 0) is 13.0 Å². The second-order valence-corrected chi connectivity index (χ2v) is 7.35. The van der Waals surface area contributed by atoms with Gasteiger partial charge in [-0.05, 0) is 49.3 Å². The lowest BCUT2D eigenvalue weighted by Crippen LogP contribution is -2.28. The Bertz CT molecular complexity index is 1100. The number of thiocarbonyl (C=S) groups is 1. The molecule has 2 N–H and O–H groups in total. The Kier molecular flexibility index (Phi) is 7.67. The summed E-state index contributed by atoms with van der Waals surface area (Å²) in [5.74, 6) is 1.46. The van der Waals surface area contributed by atoms with Crippen LogP contribution in [0.1, 0.15) is 16.8 Å². The first-order chi connectivity index (χ1) is 15.1. The molecular formula is C24H28N4O2S. The first kappa shape index (κ1) is 22.4. The van der Waals surface area contributed by atoms with E-state index in [1.807, 2.05) is 36.4 Å². The average molecular weight is 437 g/mol. The highest BCUT2D eigenvalue weighted by atomic mass is 32.1. The van der Waals surface area contributed by atoms with Crippen LogP contribution >= 0.6 is 12.2 Å². The van der Waals surface area contributed by atoms with Crippen molar-refractivity contribution in [1.82, 2.24) is 15.3 Å². The van der Waals surface area contributed by atoms with Crippen molar-refractivity contribution >= 4 is 34.4 Å². The fraction of sp³-hybridized carbons (Fsp3) is 0.250. The number of nitrogens with zero attached hydrogens (tertiary/aromatic N) is 2. The normalized spacial score (nSPS) is 10.9. The molecule has 0 aliphatic carbocycles. The highest BCUT2D eigenvalue weighted by molar-refractivity contribution is 7.80. The van der Waals surface area contributed by atoms with Gasteiger partial charge in [0.15, 0.2) is 16.6 Å². The summed E-state index contributed by atoms with van der Waals surface area (Å²) in [6, 6.07) is 14.2. The Balaban J connectivity index is 1.79. The highest BCUT2D eigenvalue weighted by Crippen LogP contribution is 2.29. The lowest BCUT2D eigenvalue weighted by molar-refractivity contribution is 0.280. The number of hydrogen-bond donors (Lipinski definition) is 2. The molecule has 1 aromatic heterocycles. The minimum absolute atomic E-state index is 0.471. The van der Waals surface area contributed by atoms with Gasteiger partial charge in [-0.3, -0.25) is 5.43 Å². The first-order valence-electron chi connectivity index (χ1n) is 10.1. The summed E-state index contributed by atoms with van der Waals surface area (Å²) in [5.41, 5.74) is 7.24. The van der Waals surface area contributed by atoms with Crippen molar-refractivity contribution in [2.75, 3.05) is 20.8 Å². The molecule has 162 valence electrons. The molecule has 0 radical (unpaired) electrons. The van der Waals surface area contributed by atoms with Crippen molar-refractivity contribution in [3.63, 3.8) is 0 Å². The lowest BCUT2D eigenvalue weighted by atomic mass is 10.1. The quantitative estimate of drug-likeness (QED) is 0.228. The molecule has 0 fully saturated rings. The number of fused-ring (bicyclic) bond motifs is 1. The van der Waals surface area contributed by atoms with E-state index in [1.54, 1.807) is 20.4 Å². The fourth-order valence-electron chi connectivity index (χ4n) is 3.49. The highest BCUT2D eigenvalue weighted by Gasteiger charge is 2.13. The first-order valence-corrected chi connectivity index (χ1v) is 10.5. The summed E-state index contributed by atoms with van der Waals surface area (Å²) in [7, 11) is 3.41. The van der Waals surface area contributed by atoms with Crippen LogP contribution in [0.4, 0.5) is 0 Å². The fourth-order valence-corrected chi connectivity index (χ4v) is 3.54. The predicted octanol–water partition coefficient (Wildman–Crippen LogP) is 4.19. The molecule has 0 atom stereocenters. The second kappa shape index (κ2) is 10.6. The molecule has 1 heterocycles. The Labute approximate surface area is 188 Å². The monoisotopic (exact) mass is 436 g/mol. The largest absolute Gasteiger partial charge is 0.493 e. The van der Waals surface area contributed by atoms with Gasteiger partial charge in [0, 0.05) is 29.2 Å². The zero-order chi connectivity index (χ0) is 22.2. The molecule has 0 saturated carbocycles. The lowest BCUT2D eigenvalue weighted by Gasteiger charge is -2.13. The van der Waals surface area contributed by atoms with Gasteiger partial charge in [0.05, 0.1) is 19.9 Å². The van der Waals surface area contributed by atoms with Crippen LogP contribution in [0.25, 0.3) is 10.9 Å². The number of aromatic nitrogens is 1. The topological polar surface area (TPSA) is 59.8 Å². The summed E-state index contributed by atoms with van der Waals surface area (Å²) >= 11 is 5.08. The standard InChI is InChI=1S/C24H28N4O2S/c1-5-8-18-11-12-22(23(15-18)29-4)30-14-13-28-17(2)20(16-26-27-24(31)25-3)19-9-6-7-10-21(19)28/h5-7,9-12,15-16H,1,8,13-14H2,2-4H3,(H2,25,27,31)/b26-16+. The average Bonchev–Trinajstić information content (AvgIpc) is 3.05. The molecule has 31 heavy (non-hydrogen) atoms. The molecule has 6 nitrogen and oxygen atoms in total. The van der Waals surface area contributed by atoms with Gasteiger partial charge in [-0.15, -0.1) is 6.58 Å². The Morgan fingerprint density at radius 2 is 2.03 bits per heavy atom. The zero-order valence-corrected chi connectivity index (χ0v) is 19.0. The van der Waals surface area contributed by atoms with E-state index in [0.717, 1.165) is 45.6 Å². The van der Waals surface area contributed by atoms with Crippen LogP contribution in [0.2, 0.25) is 0 Å². The van der Waals surface area contributed by atoms with Crippen LogP contribution in [0.15, 0.2) is 60.2 Å². The molecule has 0 aliphatic rings. The van der Waals surface area contributed by atoms with Crippen molar-refractivity contribution in [3.05, 3.63) is 71.9 Å². The zero-order valence-electron chi connectivity index (χ0n) is 18.1. The summed E-state index contributed by atoms with van der Waals surface area (Å²) in [6.07, 6.45) is 4.47. The Morgan fingerprint density at radius 1 is 1.23 bits per heavy atom.